The molecule has 4 nitrogen and oxygen atoms in total. The quantitative estimate of drug-likeness (QED) is 0.665. The first-order chi connectivity index (χ1) is 7.25. The van der Waals surface area contributed by atoms with Crippen molar-refractivity contribution < 1.29 is 4.79 Å². The molecule has 0 fully saturated rings. The largest absolute Gasteiger partial charge is 0.350 e. The maximum Gasteiger partial charge on any atom is 0.271 e. The van der Waals surface area contributed by atoms with Gasteiger partial charge in [-0.3, -0.25) is 4.79 Å². The standard InChI is InChI=1S/C10H10BrN3O/c1-2-3-4-5-13-10(15)9-8(11)6-12-7-14-9/h6-7H,4-5H2,1H3,(H,13,15). The fourth-order valence-electron chi connectivity index (χ4n) is 0.927. The molecule has 0 unspecified atom stereocenters. The average molecular weight is 268 g/mol. The van der Waals surface area contributed by atoms with E-state index in [1.54, 1.807) is 6.92 Å². The fraction of sp³-hybridized carbons (Fsp3) is 0.300. The SMILES string of the molecule is CC#CCCNC(=O)c1ncncc1Br. The Hall–Kier alpha value is -1.41. The van der Waals surface area contributed by atoms with Crippen molar-refractivity contribution in [3.8, 4) is 11.8 Å². The van der Waals surface area contributed by atoms with Gasteiger partial charge >= 0.3 is 0 Å². The lowest BCUT2D eigenvalue weighted by molar-refractivity contribution is 0.0948. The van der Waals surface area contributed by atoms with Gasteiger partial charge in [-0.2, -0.15) is 0 Å². The van der Waals surface area contributed by atoms with Gasteiger partial charge in [0.2, 0.25) is 0 Å². The minimum Gasteiger partial charge on any atom is -0.350 e. The van der Waals surface area contributed by atoms with Gasteiger partial charge in [0.25, 0.3) is 5.91 Å². The van der Waals surface area contributed by atoms with Crippen LogP contribution < -0.4 is 5.32 Å². The molecule has 1 aromatic heterocycles. The van der Waals surface area contributed by atoms with Gasteiger partial charge in [-0.15, -0.1) is 11.8 Å². The predicted octanol–water partition coefficient (Wildman–Crippen LogP) is 1.38. The van der Waals surface area contributed by atoms with Crippen molar-refractivity contribution in [1.29, 1.82) is 0 Å². The summed E-state index contributed by atoms with van der Waals surface area (Å²) in [5.41, 5.74) is 0.342. The maximum atomic E-state index is 11.5. The Morgan fingerprint density at radius 2 is 2.47 bits per heavy atom. The van der Waals surface area contributed by atoms with Gasteiger partial charge < -0.3 is 5.32 Å². The van der Waals surface area contributed by atoms with Gasteiger partial charge in [0, 0.05) is 19.2 Å². The first kappa shape index (κ1) is 11.7. The number of nitrogens with zero attached hydrogens (tertiary/aromatic N) is 2. The summed E-state index contributed by atoms with van der Waals surface area (Å²) < 4.78 is 0.587. The highest BCUT2D eigenvalue weighted by Crippen LogP contribution is 2.10. The molecule has 0 aliphatic rings. The molecular formula is C10H10BrN3O. The van der Waals surface area contributed by atoms with E-state index in [4.69, 9.17) is 0 Å². The molecule has 1 amide bonds. The molecule has 1 rings (SSSR count). The van der Waals surface area contributed by atoms with E-state index < -0.39 is 0 Å². The molecule has 1 heterocycles. The van der Waals surface area contributed by atoms with Crippen LogP contribution in [0.25, 0.3) is 0 Å². The first-order valence-corrected chi connectivity index (χ1v) is 5.18. The summed E-state index contributed by atoms with van der Waals surface area (Å²) in [6.07, 6.45) is 3.52. The number of carbonyl (C=O) groups is 1. The minimum atomic E-state index is -0.220. The van der Waals surface area contributed by atoms with Gasteiger partial charge in [0.1, 0.15) is 12.0 Å². The third-order valence-electron chi connectivity index (χ3n) is 1.60. The highest BCUT2D eigenvalue weighted by Gasteiger charge is 2.09. The smallest absolute Gasteiger partial charge is 0.271 e. The molecule has 0 saturated carbocycles. The third kappa shape index (κ3) is 3.68. The fourth-order valence-corrected chi connectivity index (χ4v) is 1.33. The number of aromatic nitrogens is 2. The van der Waals surface area contributed by atoms with Crippen LogP contribution >= 0.6 is 15.9 Å². The lowest BCUT2D eigenvalue weighted by Crippen LogP contribution is -2.25. The van der Waals surface area contributed by atoms with Gasteiger partial charge in [0.15, 0.2) is 0 Å². The highest BCUT2D eigenvalue weighted by atomic mass is 79.9. The van der Waals surface area contributed by atoms with Crippen LogP contribution in [0.5, 0.6) is 0 Å². The Balaban J connectivity index is 2.53. The van der Waals surface area contributed by atoms with E-state index in [1.165, 1.54) is 12.5 Å². The Kier molecular flexibility index (Phi) is 4.78. The maximum absolute atomic E-state index is 11.5. The van der Waals surface area contributed by atoms with Crippen molar-refractivity contribution in [3.63, 3.8) is 0 Å². The van der Waals surface area contributed by atoms with Crippen LogP contribution in [0.1, 0.15) is 23.8 Å². The molecule has 0 bridgehead atoms. The topological polar surface area (TPSA) is 54.9 Å². The lowest BCUT2D eigenvalue weighted by Gasteiger charge is -2.02. The van der Waals surface area contributed by atoms with Crippen LogP contribution in [0.4, 0.5) is 0 Å². The zero-order valence-corrected chi connectivity index (χ0v) is 9.84. The van der Waals surface area contributed by atoms with Crippen LogP contribution in [-0.4, -0.2) is 22.4 Å². The summed E-state index contributed by atoms with van der Waals surface area (Å²) in [4.78, 5) is 19.2. The predicted molar refractivity (Wildman–Crippen MR) is 60.1 cm³/mol. The zero-order valence-electron chi connectivity index (χ0n) is 8.25. The van der Waals surface area contributed by atoms with Gasteiger partial charge in [-0.25, -0.2) is 9.97 Å². The number of carbonyl (C=O) groups excluding carboxylic acids is 1. The Morgan fingerprint density at radius 3 is 3.13 bits per heavy atom. The summed E-state index contributed by atoms with van der Waals surface area (Å²) >= 11 is 3.21. The average Bonchev–Trinajstić information content (AvgIpc) is 2.25. The van der Waals surface area contributed by atoms with Crippen molar-refractivity contribution in [2.24, 2.45) is 0 Å². The number of nitrogens with one attached hydrogen (secondary N) is 1. The van der Waals surface area contributed by atoms with Gasteiger partial charge in [0.05, 0.1) is 4.47 Å². The second-order valence-corrected chi connectivity index (χ2v) is 3.51. The van der Waals surface area contributed by atoms with Gasteiger partial charge in [-0.1, -0.05) is 0 Å². The van der Waals surface area contributed by atoms with Gasteiger partial charge in [-0.05, 0) is 22.9 Å². The van der Waals surface area contributed by atoms with Crippen molar-refractivity contribution in [1.82, 2.24) is 15.3 Å². The van der Waals surface area contributed by atoms with Crippen molar-refractivity contribution in [2.45, 2.75) is 13.3 Å². The third-order valence-corrected chi connectivity index (χ3v) is 2.18. The summed E-state index contributed by atoms with van der Waals surface area (Å²) in [5, 5.41) is 2.71. The second-order valence-electron chi connectivity index (χ2n) is 2.65. The molecule has 15 heavy (non-hydrogen) atoms. The number of rotatable bonds is 3. The van der Waals surface area contributed by atoms with E-state index in [0.717, 1.165) is 0 Å². The molecular weight excluding hydrogens is 258 g/mol. The van der Waals surface area contributed by atoms with Crippen LogP contribution in [0, 0.1) is 11.8 Å². The summed E-state index contributed by atoms with van der Waals surface area (Å²) in [5.74, 6) is 5.40. The second kappa shape index (κ2) is 6.14. The molecule has 5 heteroatoms. The van der Waals surface area contributed by atoms with Crippen LogP contribution in [0.2, 0.25) is 0 Å². The van der Waals surface area contributed by atoms with Crippen molar-refractivity contribution in [2.75, 3.05) is 6.54 Å². The van der Waals surface area contributed by atoms with E-state index in [-0.39, 0.29) is 5.91 Å². The molecule has 0 spiro atoms. The van der Waals surface area contributed by atoms with E-state index in [1.807, 2.05) is 0 Å². The number of hydrogen-bond acceptors (Lipinski definition) is 3. The molecule has 0 radical (unpaired) electrons. The van der Waals surface area contributed by atoms with Crippen LogP contribution in [-0.2, 0) is 0 Å². The molecule has 1 N–H and O–H groups in total. The molecule has 0 atom stereocenters. The van der Waals surface area contributed by atoms with E-state index >= 15 is 0 Å². The van der Waals surface area contributed by atoms with Crippen LogP contribution in [0.15, 0.2) is 17.0 Å². The highest BCUT2D eigenvalue weighted by molar-refractivity contribution is 9.10. The molecule has 0 aliphatic carbocycles. The van der Waals surface area contributed by atoms with E-state index in [9.17, 15) is 4.79 Å². The Bertz CT molecular complexity index is 409. The molecule has 0 aromatic carbocycles. The monoisotopic (exact) mass is 267 g/mol. The van der Waals surface area contributed by atoms with Crippen LogP contribution in [0.3, 0.4) is 0 Å². The Labute approximate surface area is 96.6 Å². The normalized spacial score (nSPS) is 8.93. The molecule has 0 aliphatic heterocycles. The summed E-state index contributed by atoms with van der Waals surface area (Å²) in [7, 11) is 0. The summed E-state index contributed by atoms with van der Waals surface area (Å²) in [6, 6.07) is 0. The molecule has 1 aromatic rings. The Morgan fingerprint density at radius 1 is 1.67 bits per heavy atom. The number of hydrogen-bond donors (Lipinski definition) is 1. The summed E-state index contributed by atoms with van der Waals surface area (Å²) in [6.45, 7) is 2.29. The van der Waals surface area contributed by atoms with E-state index in [0.29, 0.717) is 23.1 Å². The molecule has 78 valence electrons. The number of amides is 1. The molecule has 0 saturated heterocycles. The van der Waals surface area contributed by atoms with Crippen molar-refractivity contribution >= 4 is 21.8 Å². The first-order valence-electron chi connectivity index (χ1n) is 4.39. The number of halogens is 1. The lowest BCUT2D eigenvalue weighted by atomic mass is 10.3. The minimum absolute atomic E-state index is 0.220. The zero-order chi connectivity index (χ0) is 11.1. The van der Waals surface area contributed by atoms with Crippen molar-refractivity contribution in [3.05, 3.63) is 22.7 Å². The van der Waals surface area contributed by atoms with E-state index in [2.05, 4.69) is 43.1 Å².